The van der Waals surface area contributed by atoms with Gasteiger partial charge >= 0.3 is 0 Å². The Hall–Kier alpha value is -2.96. The van der Waals surface area contributed by atoms with E-state index in [-0.39, 0.29) is 5.91 Å². The number of nitrogens with one attached hydrogen (secondary N) is 1. The molecule has 2 aromatic heterocycles. The maximum Gasteiger partial charge on any atom is 0.258 e. The molecule has 1 N–H and O–H groups in total. The first-order valence-electron chi connectivity index (χ1n) is 7.27. The fourth-order valence-electron chi connectivity index (χ4n) is 2.31. The van der Waals surface area contributed by atoms with E-state index in [4.69, 9.17) is 4.74 Å². The highest BCUT2D eigenvalue weighted by Crippen LogP contribution is 2.22. The van der Waals surface area contributed by atoms with Gasteiger partial charge in [0.05, 0.1) is 18.2 Å². The number of ether oxygens (including phenoxy) is 1. The van der Waals surface area contributed by atoms with Crippen molar-refractivity contribution in [1.29, 1.82) is 0 Å². The first kappa shape index (κ1) is 15.0. The van der Waals surface area contributed by atoms with Gasteiger partial charge in [0.25, 0.3) is 5.91 Å². The number of methoxy groups -OCH3 is 1. The minimum Gasteiger partial charge on any atom is -0.481 e. The van der Waals surface area contributed by atoms with Gasteiger partial charge in [0.2, 0.25) is 11.8 Å². The molecule has 23 heavy (non-hydrogen) atoms. The summed E-state index contributed by atoms with van der Waals surface area (Å²) in [5.41, 5.74) is 1.18. The second-order valence-corrected chi connectivity index (χ2v) is 5.01. The van der Waals surface area contributed by atoms with Crippen LogP contribution in [0.2, 0.25) is 0 Å². The minimum absolute atomic E-state index is 0.278. The molecule has 118 valence electrons. The Balaban J connectivity index is 2.01. The van der Waals surface area contributed by atoms with Crippen LogP contribution >= 0.6 is 0 Å². The molecular formula is C16H17N5O2. The quantitative estimate of drug-likeness (QED) is 0.798. The van der Waals surface area contributed by atoms with Crippen LogP contribution in [0.25, 0.3) is 10.9 Å². The molecule has 7 nitrogen and oxygen atoms in total. The second kappa shape index (κ2) is 6.04. The Morgan fingerprint density at radius 1 is 1.30 bits per heavy atom. The lowest BCUT2D eigenvalue weighted by molar-refractivity contribution is 0.102. The minimum atomic E-state index is -0.278. The summed E-state index contributed by atoms with van der Waals surface area (Å²) < 4.78 is 6.74. The Kier molecular flexibility index (Phi) is 3.92. The topological polar surface area (TPSA) is 81.9 Å². The van der Waals surface area contributed by atoms with E-state index < -0.39 is 0 Å². The monoisotopic (exact) mass is 311 g/mol. The first-order chi connectivity index (χ1) is 11.1. The van der Waals surface area contributed by atoms with Gasteiger partial charge in [-0.2, -0.15) is 10.1 Å². The molecule has 1 aromatic carbocycles. The van der Waals surface area contributed by atoms with Crippen molar-refractivity contribution in [2.75, 3.05) is 12.4 Å². The number of para-hydroxylation sites is 1. The Bertz CT molecular complexity index is 872. The van der Waals surface area contributed by atoms with E-state index in [2.05, 4.69) is 20.4 Å². The number of anilines is 1. The molecule has 0 unspecified atom stereocenters. The number of hydrogen-bond donors (Lipinski definition) is 1. The number of pyridine rings is 1. The van der Waals surface area contributed by atoms with Crippen LogP contribution in [0.4, 0.5) is 5.95 Å². The van der Waals surface area contributed by atoms with Gasteiger partial charge < -0.3 is 4.74 Å². The van der Waals surface area contributed by atoms with Crippen molar-refractivity contribution in [2.24, 2.45) is 7.05 Å². The van der Waals surface area contributed by atoms with Gasteiger partial charge in [-0.1, -0.05) is 25.1 Å². The lowest BCUT2D eigenvalue weighted by Crippen LogP contribution is -2.16. The number of nitrogens with zero attached hydrogens (tertiary/aromatic N) is 4. The zero-order valence-corrected chi connectivity index (χ0v) is 13.2. The highest BCUT2D eigenvalue weighted by atomic mass is 16.5. The van der Waals surface area contributed by atoms with Gasteiger partial charge in [-0.15, -0.1) is 0 Å². The van der Waals surface area contributed by atoms with E-state index >= 15 is 0 Å². The number of benzene rings is 1. The standard InChI is InChI=1S/C16H17N5O2/c1-4-13-18-16(21(2)20-13)19-15(22)11-9-14(23-3)17-12-8-6-5-7-10(11)12/h5-9H,4H2,1-3H3,(H,18,19,20,22). The number of carbonyl (C=O) groups excluding carboxylic acids is 1. The van der Waals surface area contributed by atoms with Crippen molar-refractivity contribution in [3.63, 3.8) is 0 Å². The van der Waals surface area contributed by atoms with Gasteiger partial charge in [0.1, 0.15) is 0 Å². The normalized spacial score (nSPS) is 10.7. The lowest BCUT2D eigenvalue weighted by Gasteiger charge is -2.09. The van der Waals surface area contributed by atoms with Crippen molar-refractivity contribution in [3.8, 4) is 5.88 Å². The van der Waals surface area contributed by atoms with Crippen molar-refractivity contribution < 1.29 is 9.53 Å². The van der Waals surface area contributed by atoms with E-state index in [0.717, 1.165) is 5.39 Å². The third-order valence-electron chi connectivity index (χ3n) is 3.49. The van der Waals surface area contributed by atoms with E-state index in [1.54, 1.807) is 17.8 Å². The zero-order chi connectivity index (χ0) is 16.4. The fourth-order valence-corrected chi connectivity index (χ4v) is 2.31. The van der Waals surface area contributed by atoms with Crippen molar-refractivity contribution in [3.05, 3.63) is 41.7 Å². The molecule has 0 saturated carbocycles. The molecular weight excluding hydrogens is 294 g/mol. The number of aryl methyl sites for hydroxylation is 2. The smallest absolute Gasteiger partial charge is 0.258 e. The molecule has 0 spiro atoms. The molecule has 0 atom stereocenters. The van der Waals surface area contributed by atoms with Crippen LogP contribution in [0.15, 0.2) is 30.3 Å². The van der Waals surface area contributed by atoms with Crippen LogP contribution in [0.1, 0.15) is 23.1 Å². The summed E-state index contributed by atoms with van der Waals surface area (Å²) in [5, 5.41) is 7.77. The summed E-state index contributed by atoms with van der Waals surface area (Å²) in [7, 11) is 3.27. The summed E-state index contributed by atoms with van der Waals surface area (Å²) in [6.07, 6.45) is 0.704. The molecule has 0 radical (unpaired) electrons. The number of carbonyl (C=O) groups is 1. The van der Waals surface area contributed by atoms with Crippen LogP contribution in [0.3, 0.4) is 0 Å². The van der Waals surface area contributed by atoms with E-state index in [9.17, 15) is 4.79 Å². The summed E-state index contributed by atoms with van der Waals surface area (Å²) in [6.45, 7) is 1.96. The van der Waals surface area contributed by atoms with Crippen molar-refractivity contribution in [2.45, 2.75) is 13.3 Å². The molecule has 3 aromatic rings. The summed E-state index contributed by atoms with van der Waals surface area (Å²) in [5.74, 6) is 1.20. The maximum atomic E-state index is 12.7. The molecule has 0 aliphatic carbocycles. The maximum absolute atomic E-state index is 12.7. The van der Waals surface area contributed by atoms with Gasteiger partial charge in [-0.3, -0.25) is 10.1 Å². The number of fused-ring (bicyclic) bond motifs is 1. The van der Waals surface area contributed by atoms with Gasteiger partial charge in [-0.05, 0) is 6.07 Å². The van der Waals surface area contributed by atoms with E-state index in [1.165, 1.54) is 7.11 Å². The molecule has 0 fully saturated rings. The molecule has 0 bridgehead atoms. The molecule has 2 heterocycles. The largest absolute Gasteiger partial charge is 0.481 e. The van der Waals surface area contributed by atoms with Crippen molar-refractivity contribution in [1.82, 2.24) is 19.7 Å². The average molecular weight is 311 g/mol. The van der Waals surface area contributed by atoms with E-state index in [1.807, 2.05) is 31.2 Å². The summed E-state index contributed by atoms with van der Waals surface area (Å²) in [4.78, 5) is 21.3. The molecule has 0 saturated heterocycles. The predicted molar refractivity (Wildman–Crippen MR) is 86.6 cm³/mol. The van der Waals surface area contributed by atoms with Gasteiger partial charge in [0, 0.05) is 24.9 Å². The summed E-state index contributed by atoms with van der Waals surface area (Å²) >= 11 is 0. The number of rotatable bonds is 4. The molecule has 7 heteroatoms. The fraction of sp³-hybridized carbons (Fsp3) is 0.250. The van der Waals surface area contributed by atoms with Crippen molar-refractivity contribution >= 4 is 22.8 Å². The SMILES string of the molecule is CCc1nc(NC(=O)c2cc(OC)nc3ccccc23)n(C)n1. The molecule has 0 aliphatic rings. The van der Waals surface area contributed by atoms with Crippen LogP contribution in [0, 0.1) is 0 Å². The molecule has 3 rings (SSSR count). The number of aromatic nitrogens is 4. The van der Waals surface area contributed by atoms with Gasteiger partial charge in [-0.25, -0.2) is 9.67 Å². The van der Waals surface area contributed by atoms with E-state index in [0.29, 0.717) is 35.2 Å². The highest BCUT2D eigenvalue weighted by molar-refractivity contribution is 6.12. The third kappa shape index (κ3) is 2.85. The van der Waals surface area contributed by atoms with Crippen LogP contribution < -0.4 is 10.1 Å². The van der Waals surface area contributed by atoms with Gasteiger partial charge in [0.15, 0.2) is 5.82 Å². The predicted octanol–water partition coefficient (Wildman–Crippen LogP) is 2.19. The molecule has 1 amide bonds. The Labute approximate surface area is 133 Å². The highest BCUT2D eigenvalue weighted by Gasteiger charge is 2.16. The second-order valence-electron chi connectivity index (χ2n) is 5.01. The number of hydrogen-bond acceptors (Lipinski definition) is 5. The Morgan fingerprint density at radius 3 is 2.78 bits per heavy atom. The van der Waals surface area contributed by atoms with Crippen LogP contribution in [-0.4, -0.2) is 32.8 Å². The molecule has 0 aliphatic heterocycles. The lowest BCUT2D eigenvalue weighted by atomic mass is 10.1. The Morgan fingerprint density at radius 2 is 2.09 bits per heavy atom. The first-order valence-corrected chi connectivity index (χ1v) is 7.27. The summed E-state index contributed by atoms with van der Waals surface area (Å²) in [6, 6.07) is 9.04. The third-order valence-corrected chi connectivity index (χ3v) is 3.49. The van der Waals surface area contributed by atoms with Crippen LogP contribution in [-0.2, 0) is 13.5 Å². The van der Waals surface area contributed by atoms with Crippen LogP contribution in [0.5, 0.6) is 5.88 Å². The number of amides is 1. The zero-order valence-electron chi connectivity index (χ0n) is 13.2. The average Bonchev–Trinajstić information content (AvgIpc) is 2.93.